The summed E-state index contributed by atoms with van der Waals surface area (Å²) in [6.45, 7) is 14.3. The molecule has 2 aromatic carbocycles. The Labute approximate surface area is 368 Å². The standard InChI is InChI=1S/C46H62N10O5S/c1-28(31-10-12-32(13-11-31)41-29(2)48-27-62-41)49-44(60)38-22-34(57)25-56(38)45(61)42(46(3,4)5)51-40(59)26-55-18-14-30(15-19-55)24-54-20-16-33(17-21-54)50-37-23-36(52-53-43(37)47)35-8-6-7-9-39(35)58/h6-13,23,27-28,30,33-34,38,42,57-58H,14-22,24-26H2,1-5H3,(H2,47,53)(H,49,60)(H,50,52)(H,51,59)/t28?,34-,38+,42?/m1/s1. The molecule has 332 valence electrons. The lowest BCUT2D eigenvalue weighted by Gasteiger charge is -2.38. The number of phenolic OH excluding ortho intramolecular Hbond substituents is 1. The number of aryl methyl sites for hydroxylation is 1. The molecule has 2 aromatic heterocycles. The van der Waals surface area contributed by atoms with Crippen molar-refractivity contribution in [3.8, 4) is 27.4 Å². The number of hydrogen-bond donors (Lipinski definition) is 6. The highest BCUT2D eigenvalue weighted by atomic mass is 32.1. The number of aromatic hydroxyl groups is 1. The number of aromatic nitrogens is 3. The van der Waals surface area contributed by atoms with Crippen LogP contribution < -0.4 is 21.7 Å². The Morgan fingerprint density at radius 1 is 0.952 bits per heavy atom. The van der Waals surface area contributed by atoms with Crippen molar-refractivity contribution >= 4 is 40.6 Å². The molecule has 0 saturated carbocycles. The van der Waals surface area contributed by atoms with Gasteiger partial charge in [-0.2, -0.15) is 0 Å². The molecule has 62 heavy (non-hydrogen) atoms. The SMILES string of the molecule is Cc1ncsc1-c1ccc(C(C)NC(=O)[C@@H]2C[C@@H](O)CN2C(=O)C(NC(=O)CN2CCC(CN3CCC(Nc4cc(-c5ccccc5O)nnc4N)CC3)CC2)C(C)(C)C)cc1. The minimum atomic E-state index is -0.878. The Bertz CT molecular complexity index is 2180. The van der Waals surface area contributed by atoms with Gasteiger partial charge >= 0.3 is 0 Å². The van der Waals surface area contributed by atoms with Crippen LogP contribution in [0.3, 0.4) is 0 Å². The van der Waals surface area contributed by atoms with Crippen LogP contribution in [0.1, 0.15) is 77.1 Å². The third-order valence-corrected chi connectivity index (χ3v) is 13.6. The summed E-state index contributed by atoms with van der Waals surface area (Å²) >= 11 is 1.59. The van der Waals surface area contributed by atoms with Gasteiger partial charge in [-0.15, -0.1) is 21.5 Å². The largest absolute Gasteiger partial charge is 0.507 e. The van der Waals surface area contributed by atoms with Gasteiger partial charge < -0.3 is 41.7 Å². The van der Waals surface area contributed by atoms with Gasteiger partial charge in [0.2, 0.25) is 17.7 Å². The zero-order valence-corrected chi connectivity index (χ0v) is 37.3. The van der Waals surface area contributed by atoms with E-state index in [0.29, 0.717) is 23.0 Å². The average molecular weight is 867 g/mol. The number of anilines is 2. The molecule has 3 aliphatic heterocycles. The fourth-order valence-corrected chi connectivity index (χ4v) is 9.75. The van der Waals surface area contributed by atoms with E-state index >= 15 is 0 Å². The van der Waals surface area contributed by atoms with E-state index in [1.54, 1.807) is 29.5 Å². The number of rotatable bonds is 13. The predicted octanol–water partition coefficient (Wildman–Crippen LogP) is 4.82. The van der Waals surface area contributed by atoms with Crippen LogP contribution in [0.25, 0.3) is 21.7 Å². The molecule has 3 aliphatic rings. The van der Waals surface area contributed by atoms with E-state index in [1.165, 1.54) is 4.90 Å². The number of β-amino-alcohol motifs (C(OH)–C–C–N with tert-alkyl or cyclic N) is 1. The molecule has 15 nitrogen and oxygen atoms in total. The summed E-state index contributed by atoms with van der Waals surface area (Å²) in [7, 11) is 0. The molecular weight excluding hydrogens is 805 g/mol. The molecule has 5 heterocycles. The summed E-state index contributed by atoms with van der Waals surface area (Å²) in [6, 6.07) is 15.1. The molecule has 0 spiro atoms. The summed E-state index contributed by atoms with van der Waals surface area (Å²) in [4.78, 5) is 53.1. The van der Waals surface area contributed by atoms with E-state index < -0.39 is 23.6 Å². The van der Waals surface area contributed by atoms with Gasteiger partial charge in [-0.3, -0.25) is 19.3 Å². The number of aliphatic hydroxyl groups is 1. The maximum atomic E-state index is 14.2. The van der Waals surface area contributed by atoms with Crippen LogP contribution in [0.4, 0.5) is 11.5 Å². The maximum absolute atomic E-state index is 14.2. The summed E-state index contributed by atoms with van der Waals surface area (Å²) in [6.07, 6.45) is 3.18. The highest BCUT2D eigenvalue weighted by molar-refractivity contribution is 7.13. The minimum Gasteiger partial charge on any atom is -0.507 e. The molecule has 7 N–H and O–H groups in total. The number of nitrogens with zero attached hydrogens (tertiary/aromatic N) is 6. The molecule has 3 amide bonds. The molecule has 2 unspecified atom stereocenters. The van der Waals surface area contributed by atoms with E-state index in [0.717, 1.165) is 85.8 Å². The van der Waals surface area contributed by atoms with Crippen LogP contribution >= 0.6 is 11.3 Å². The Balaban J connectivity index is 0.859. The second-order valence-electron chi connectivity index (χ2n) is 18.4. The van der Waals surface area contributed by atoms with Crippen molar-refractivity contribution in [1.82, 2.24) is 40.5 Å². The summed E-state index contributed by atoms with van der Waals surface area (Å²) in [5.41, 5.74) is 12.2. The topological polar surface area (TPSA) is 202 Å². The van der Waals surface area contributed by atoms with E-state index in [2.05, 4.69) is 40.9 Å². The van der Waals surface area contributed by atoms with Gasteiger partial charge in [-0.25, -0.2) is 4.98 Å². The fourth-order valence-electron chi connectivity index (χ4n) is 8.94. The van der Waals surface area contributed by atoms with E-state index in [4.69, 9.17) is 5.73 Å². The van der Waals surface area contributed by atoms with Crippen molar-refractivity contribution in [2.45, 2.75) is 97.0 Å². The van der Waals surface area contributed by atoms with Crippen LogP contribution in [0.15, 0.2) is 60.1 Å². The minimum absolute atomic E-state index is 0.0247. The van der Waals surface area contributed by atoms with Crippen molar-refractivity contribution in [1.29, 1.82) is 0 Å². The number of hydrogen-bond acceptors (Lipinski definition) is 13. The number of nitrogens with two attached hydrogens (primary N) is 1. The van der Waals surface area contributed by atoms with Gasteiger partial charge in [-0.05, 0) is 93.3 Å². The number of aliphatic hydroxyl groups excluding tert-OH is 1. The van der Waals surface area contributed by atoms with Gasteiger partial charge in [0.25, 0.3) is 0 Å². The Morgan fingerprint density at radius 2 is 1.65 bits per heavy atom. The quantitative estimate of drug-likeness (QED) is 0.107. The van der Waals surface area contributed by atoms with Crippen molar-refractivity contribution in [2.24, 2.45) is 11.3 Å². The number of amides is 3. The monoisotopic (exact) mass is 866 g/mol. The van der Waals surface area contributed by atoms with Crippen molar-refractivity contribution < 1.29 is 24.6 Å². The smallest absolute Gasteiger partial charge is 0.246 e. The molecule has 4 aromatic rings. The number of likely N-dealkylation sites (tertiary alicyclic amines) is 3. The second kappa shape index (κ2) is 19.5. The zero-order chi connectivity index (χ0) is 44.1. The number of carbonyl (C=O) groups is 3. The summed E-state index contributed by atoms with van der Waals surface area (Å²) < 4.78 is 0. The van der Waals surface area contributed by atoms with Gasteiger partial charge in [-0.1, -0.05) is 57.2 Å². The maximum Gasteiger partial charge on any atom is 0.246 e. The lowest BCUT2D eigenvalue weighted by atomic mass is 9.85. The van der Waals surface area contributed by atoms with Crippen LogP contribution in [0.2, 0.25) is 0 Å². The molecule has 3 saturated heterocycles. The lowest BCUT2D eigenvalue weighted by molar-refractivity contribution is -0.144. The summed E-state index contributed by atoms with van der Waals surface area (Å²) in [5, 5.41) is 39.0. The van der Waals surface area contributed by atoms with Crippen LogP contribution in [-0.2, 0) is 14.4 Å². The van der Waals surface area contributed by atoms with Gasteiger partial charge in [0, 0.05) is 44.2 Å². The molecule has 0 aliphatic carbocycles. The van der Waals surface area contributed by atoms with Gasteiger partial charge in [0.15, 0.2) is 5.82 Å². The normalized spacial score (nSPS) is 20.5. The molecule has 0 radical (unpaired) electrons. The average Bonchev–Trinajstić information content (AvgIpc) is 3.87. The number of benzene rings is 2. The van der Waals surface area contributed by atoms with Crippen molar-refractivity contribution in [3.05, 3.63) is 71.4 Å². The summed E-state index contributed by atoms with van der Waals surface area (Å²) in [5.74, 6) is 0.0829. The van der Waals surface area contributed by atoms with Crippen LogP contribution in [-0.4, -0.2) is 128 Å². The lowest BCUT2D eigenvalue weighted by Crippen LogP contribution is -2.59. The highest BCUT2D eigenvalue weighted by Crippen LogP contribution is 2.32. The zero-order valence-electron chi connectivity index (χ0n) is 36.5. The van der Waals surface area contributed by atoms with E-state index in [-0.39, 0.29) is 55.1 Å². The Morgan fingerprint density at radius 3 is 2.31 bits per heavy atom. The number of para-hydroxylation sites is 1. The van der Waals surface area contributed by atoms with Crippen molar-refractivity contribution in [3.63, 3.8) is 0 Å². The first-order valence-electron chi connectivity index (χ1n) is 21.8. The first-order valence-corrected chi connectivity index (χ1v) is 22.7. The Hall–Kier alpha value is -5.16. The van der Waals surface area contributed by atoms with E-state index in [9.17, 15) is 24.6 Å². The molecular formula is C46H62N10O5S. The molecule has 16 heteroatoms. The van der Waals surface area contributed by atoms with Gasteiger partial charge in [0.05, 0.1) is 46.2 Å². The van der Waals surface area contributed by atoms with Crippen LogP contribution in [0.5, 0.6) is 5.75 Å². The fraction of sp³-hybridized carbons (Fsp3) is 0.522. The number of nitrogens with one attached hydrogen (secondary N) is 3. The third-order valence-electron chi connectivity index (χ3n) is 12.6. The number of thiazole rings is 1. The van der Waals surface area contributed by atoms with E-state index in [1.807, 2.05) is 76.5 Å². The number of nitrogen functional groups attached to an aromatic ring is 1. The highest BCUT2D eigenvalue weighted by Gasteiger charge is 2.45. The first kappa shape index (κ1) is 44.9. The predicted molar refractivity (Wildman–Crippen MR) is 242 cm³/mol. The van der Waals surface area contributed by atoms with Gasteiger partial charge in [0.1, 0.15) is 17.8 Å². The molecule has 4 atom stereocenters. The Kier molecular flexibility index (Phi) is 14.1. The number of phenols is 1. The second-order valence-corrected chi connectivity index (χ2v) is 19.2. The molecule has 3 fully saturated rings. The third kappa shape index (κ3) is 10.9. The van der Waals surface area contributed by atoms with Crippen LogP contribution in [0, 0.1) is 18.3 Å². The number of piperidine rings is 2. The molecule has 0 bridgehead atoms. The number of carbonyl (C=O) groups excluding carboxylic acids is 3. The first-order chi connectivity index (χ1) is 29.6. The molecule has 7 rings (SSSR count). The van der Waals surface area contributed by atoms with Crippen molar-refractivity contribution in [2.75, 3.05) is 56.9 Å².